The molecule has 3 heterocycles. The van der Waals surface area contributed by atoms with Gasteiger partial charge in [0.15, 0.2) is 0 Å². The molecular weight excluding hydrogens is 754 g/mol. The summed E-state index contributed by atoms with van der Waals surface area (Å²) in [6.45, 7) is 7.74. The molecular formula is C40H59N7O11. The number of epoxide rings is 1. The lowest BCUT2D eigenvalue weighted by Crippen LogP contribution is -2.51. The van der Waals surface area contributed by atoms with Crippen LogP contribution in [0.5, 0.6) is 0 Å². The lowest BCUT2D eigenvalue weighted by atomic mass is 9.87. The Labute approximate surface area is 338 Å². The third-order valence-corrected chi connectivity index (χ3v) is 10.4. The summed E-state index contributed by atoms with van der Waals surface area (Å²) >= 11 is 0. The average molecular weight is 814 g/mol. The summed E-state index contributed by atoms with van der Waals surface area (Å²) in [5.74, 6) is -1.92. The summed E-state index contributed by atoms with van der Waals surface area (Å²) in [4.78, 5) is 60.4. The van der Waals surface area contributed by atoms with Crippen LogP contribution in [0.25, 0.3) is 0 Å². The maximum absolute atomic E-state index is 12.8. The minimum Gasteiger partial charge on any atom is -0.443 e. The Morgan fingerprint density at radius 3 is 2.38 bits per heavy atom. The highest BCUT2D eigenvalue weighted by Gasteiger charge is 2.58. The monoisotopic (exact) mass is 813 g/mol. The van der Waals surface area contributed by atoms with Gasteiger partial charge in [0, 0.05) is 18.2 Å². The van der Waals surface area contributed by atoms with Crippen molar-refractivity contribution in [3.8, 4) is 0 Å². The van der Waals surface area contributed by atoms with Gasteiger partial charge in [0.25, 0.3) is 0 Å². The summed E-state index contributed by atoms with van der Waals surface area (Å²) in [6, 6.07) is 4.83. The van der Waals surface area contributed by atoms with E-state index in [-0.39, 0.29) is 55.9 Å². The molecule has 1 aromatic carbocycles. The Morgan fingerprint density at radius 2 is 1.74 bits per heavy atom. The zero-order valence-corrected chi connectivity index (χ0v) is 33.4. The van der Waals surface area contributed by atoms with Crippen LogP contribution in [-0.2, 0) is 44.7 Å². The molecule has 18 nitrogen and oxygen atoms in total. The van der Waals surface area contributed by atoms with Gasteiger partial charge in [0.05, 0.1) is 49.5 Å². The molecule has 1 unspecified atom stereocenters. The fourth-order valence-electron chi connectivity index (χ4n) is 6.83. The molecule has 4 rings (SSSR count). The number of carbonyl (C=O) groups excluding carboxylic acids is 5. The zero-order chi connectivity index (χ0) is 42.6. The van der Waals surface area contributed by atoms with Crippen molar-refractivity contribution >= 4 is 35.4 Å². The normalized spacial score (nSPS) is 28.7. The van der Waals surface area contributed by atoms with Gasteiger partial charge in [0.1, 0.15) is 30.5 Å². The predicted molar refractivity (Wildman–Crippen MR) is 212 cm³/mol. The fourth-order valence-corrected chi connectivity index (χ4v) is 6.83. The van der Waals surface area contributed by atoms with Gasteiger partial charge in [-0.15, -0.1) is 0 Å². The number of anilines is 1. The molecule has 3 aliphatic rings. The van der Waals surface area contributed by atoms with Crippen molar-refractivity contribution in [1.29, 1.82) is 0 Å². The Morgan fingerprint density at radius 1 is 1.03 bits per heavy atom. The van der Waals surface area contributed by atoms with E-state index in [1.54, 1.807) is 37.3 Å². The number of ether oxygens (including phenoxy) is 4. The van der Waals surface area contributed by atoms with E-state index in [4.69, 9.17) is 36.1 Å². The largest absolute Gasteiger partial charge is 0.443 e. The number of aliphatic hydroxyl groups is 2. The van der Waals surface area contributed by atoms with Crippen molar-refractivity contribution < 1.29 is 53.1 Å². The van der Waals surface area contributed by atoms with Crippen molar-refractivity contribution in [2.75, 3.05) is 11.9 Å². The van der Waals surface area contributed by atoms with Crippen molar-refractivity contribution in [3.63, 3.8) is 0 Å². The minimum atomic E-state index is -0.935. The van der Waals surface area contributed by atoms with Crippen molar-refractivity contribution in [2.45, 2.75) is 133 Å². The number of benzene rings is 1. The Kier molecular flexibility index (Phi) is 16.8. The first-order valence-corrected chi connectivity index (χ1v) is 19.5. The predicted octanol–water partition coefficient (Wildman–Crippen LogP) is 0.608. The number of nitrogens with two attached hydrogens (primary N) is 3. The number of amides is 5. The number of primary amides is 2. The Bertz CT molecular complexity index is 1680. The maximum Gasteiger partial charge on any atom is 0.426 e. The van der Waals surface area contributed by atoms with Crippen LogP contribution in [0.3, 0.4) is 0 Å². The first-order chi connectivity index (χ1) is 27.4. The highest BCUT2D eigenvalue weighted by Crippen LogP contribution is 2.43. The van der Waals surface area contributed by atoms with E-state index in [2.05, 4.69) is 28.4 Å². The number of aliphatic hydroxyl groups excluding tert-OH is 2. The second kappa shape index (κ2) is 21.2. The molecule has 0 bridgehead atoms. The average Bonchev–Trinajstić information content (AvgIpc) is 3.95. The quantitative estimate of drug-likeness (QED) is 0.0426. The fraction of sp³-hybridized carbons (Fsp3) is 0.575. The minimum absolute atomic E-state index is 0.0553. The van der Waals surface area contributed by atoms with Crippen LogP contribution in [0, 0.1) is 5.92 Å². The number of rotatable bonds is 18. The molecule has 320 valence electrons. The van der Waals surface area contributed by atoms with Gasteiger partial charge >= 0.3 is 6.09 Å². The van der Waals surface area contributed by atoms with Crippen LogP contribution in [0.15, 0.2) is 60.2 Å². The number of carbonyl (C=O) groups is 5. The lowest BCUT2D eigenvalue weighted by Gasteiger charge is -2.39. The number of hydrogen-bond donors (Lipinski definition) is 9. The summed E-state index contributed by atoms with van der Waals surface area (Å²) in [7, 11) is 0. The van der Waals surface area contributed by atoms with Gasteiger partial charge in [0.2, 0.25) is 23.6 Å². The molecule has 0 saturated carbocycles. The van der Waals surface area contributed by atoms with E-state index in [0.717, 1.165) is 12.0 Å². The van der Waals surface area contributed by atoms with Crippen LogP contribution < -0.4 is 38.7 Å². The van der Waals surface area contributed by atoms with E-state index in [1.807, 2.05) is 26.0 Å². The second-order valence-electron chi connectivity index (χ2n) is 15.4. The smallest absolute Gasteiger partial charge is 0.426 e. The molecule has 3 saturated heterocycles. The van der Waals surface area contributed by atoms with Gasteiger partial charge in [-0.2, -0.15) is 0 Å². The second-order valence-corrected chi connectivity index (χ2v) is 15.4. The first kappa shape index (κ1) is 45.8. The number of hydrazine groups is 1. The van der Waals surface area contributed by atoms with E-state index in [0.29, 0.717) is 30.7 Å². The SMILES string of the molecule is CC(/C=C/[C@H]1O[C@H](CC(=O)NNC(=O)OCc2ccc(N[C@@H](CCC(N)C(N)=O)C(N)=O)cc2)C[C@@]2(CO2)[C@@H]1O)=C\C[C@@H]1O[C@H](C)[C@H](NC(=O)/C=C\[C@H](C)O)C[C@@H]1C. The van der Waals surface area contributed by atoms with E-state index >= 15 is 0 Å². The summed E-state index contributed by atoms with van der Waals surface area (Å²) in [5, 5.41) is 26.3. The van der Waals surface area contributed by atoms with E-state index < -0.39 is 65.9 Å². The molecule has 1 spiro atoms. The number of hydrogen-bond acceptors (Lipinski definition) is 13. The van der Waals surface area contributed by atoms with Gasteiger partial charge in [-0.1, -0.05) is 48.9 Å². The Hall–Kier alpha value is -4.85. The maximum atomic E-state index is 12.8. The molecule has 0 radical (unpaired) electrons. The van der Waals surface area contributed by atoms with Crippen molar-refractivity contribution in [1.82, 2.24) is 16.2 Å². The summed E-state index contributed by atoms with van der Waals surface area (Å²) in [6.07, 6.45) is 6.23. The van der Waals surface area contributed by atoms with Crippen LogP contribution in [-0.4, -0.2) is 107 Å². The van der Waals surface area contributed by atoms with Crippen LogP contribution in [0.4, 0.5) is 10.5 Å². The molecule has 58 heavy (non-hydrogen) atoms. The molecule has 5 amide bonds. The van der Waals surface area contributed by atoms with E-state index in [1.165, 1.54) is 12.2 Å². The van der Waals surface area contributed by atoms with Crippen molar-refractivity contribution in [2.24, 2.45) is 23.1 Å². The number of nitrogens with one attached hydrogen (secondary N) is 4. The summed E-state index contributed by atoms with van der Waals surface area (Å²) in [5.41, 5.74) is 22.1. The Balaban J connectivity index is 1.19. The van der Waals surface area contributed by atoms with Crippen molar-refractivity contribution in [3.05, 3.63) is 65.8 Å². The topological polar surface area (TPSA) is 292 Å². The molecule has 0 aromatic heterocycles. The lowest BCUT2D eigenvalue weighted by molar-refractivity contribution is -0.145. The number of allylic oxidation sites excluding steroid dienone is 2. The van der Waals surface area contributed by atoms with Gasteiger partial charge in [-0.3, -0.25) is 24.6 Å². The molecule has 0 aliphatic carbocycles. The highest BCUT2D eigenvalue weighted by atomic mass is 16.6. The van der Waals surface area contributed by atoms with E-state index in [9.17, 15) is 34.2 Å². The molecule has 11 atom stereocenters. The van der Waals surface area contributed by atoms with Gasteiger partial charge < -0.3 is 57.0 Å². The molecule has 1 aromatic rings. The zero-order valence-electron chi connectivity index (χ0n) is 33.4. The molecule has 18 heteroatoms. The third-order valence-electron chi connectivity index (χ3n) is 10.4. The standard InChI is InChI=1S/C40H59N7O11/c1-22(5-14-32-23(2)17-31(25(4)57-32)45-34(49)16-7-24(3)48)6-15-33-36(51)40(21-56-40)19-28(58-33)18-35(50)46-47-39(54)55-20-26-8-10-27(11-9-26)44-30(38(43)53)13-12-29(41)37(42)52/h5-11,15-16,23-25,28-33,36,44,48,51H,12-14,17-21,41H2,1-4H3,(H2,42,52)(H2,43,53)(H,45,49)(H,46,50)(H,47,54)/b15-6+,16-7-,22-5+/t23-,24-,25+,28+,29?,30-,31+,32-,33+,36+,40+/m0/s1. The van der Waals surface area contributed by atoms with Crippen LogP contribution >= 0.6 is 0 Å². The molecule has 3 aliphatic heterocycles. The molecule has 12 N–H and O–H groups in total. The molecule has 3 fully saturated rings. The highest BCUT2D eigenvalue weighted by molar-refractivity contribution is 5.87. The van der Waals surface area contributed by atoms with Gasteiger partial charge in [-0.05, 0) is 70.1 Å². The first-order valence-electron chi connectivity index (χ1n) is 19.5. The van der Waals surface area contributed by atoms with Crippen LogP contribution in [0.2, 0.25) is 0 Å². The van der Waals surface area contributed by atoms with Gasteiger partial charge in [-0.25, -0.2) is 10.2 Å². The summed E-state index contributed by atoms with van der Waals surface area (Å²) < 4.78 is 23.2. The van der Waals surface area contributed by atoms with Crippen LogP contribution in [0.1, 0.15) is 71.8 Å². The third kappa shape index (κ3) is 14.2.